The Balaban J connectivity index is 1.15. The number of nitriles is 1. The summed E-state index contributed by atoms with van der Waals surface area (Å²) in [5, 5.41) is 14.6. The molecule has 6 aromatic rings. The largest absolute Gasteiger partial charge is 0.493 e. The molecule has 2 aromatic heterocycles. The predicted octanol–water partition coefficient (Wildman–Crippen LogP) is 7.29. The van der Waals surface area contributed by atoms with Gasteiger partial charge in [-0.25, -0.2) is 9.37 Å². The van der Waals surface area contributed by atoms with E-state index < -0.39 is 5.82 Å². The summed E-state index contributed by atoms with van der Waals surface area (Å²) < 4.78 is 32.1. The lowest BCUT2D eigenvalue weighted by molar-refractivity contribution is 0.0646. The fraction of sp³-hybridized carbons (Fsp3) is 0.132. The van der Waals surface area contributed by atoms with Crippen molar-refractivity contribution < 1.29 is 28.2 Å². The van der Waals surface area contributed by atoms with Crippen LogP contribution in [0.2, 0.25) is 0 Å². The minimum atomic E-state index is -0.652. The van der Waals surface area contributed by atoms with E-state index in [1.165, 1.54) is 6.07 Å². The second-order valence-electron chi connectivity index (χ2n) is 11.2. The van der Waals surface area contributed by atoms with Crippen LogP contribution in [-0.4, -0.2) is 54.1 Å². The Morgan fingerprint density at radius 1 is 0.857 bits per heavy atom. The van der Waals surface area contributed by atoms with Crippen LogP contribution in [0, 0.1) is 17.1 Å². The molecule has 49 heavy (non-hydrogen) atoms. The molecule has 0 saturated heterocycles. The van der Waals surface area contributed by atoms with Crippen LogP contribution in [0.5, 0.6) is 17.2 Å². The van der Waals surface area contributed by atoms with Crippen LogP contribution in [0.3, 0.4) is 0 Å². The Morgan fingerprint density at radius 2 is 1.61 bits per heavy atom. The summed E-state index contributed by atoms with van der Waals surface area (Å²) >= 11 is 0. The van der Waals surface area contributed by atoms with Crippen molar-refractivity contribution in [2.24, 2.45) is 0 Å². The number of carbonyl (C=O) groups is 2. The molecule has 1 aliphatic rings. The molecule has 2 amide bonds. The molecular formula is C38H28FN5O5. The number of anilines is 2. The number of halogens is 1. The molecule has 0 fully saturated rings. The lowest BCUT2D eigenvalue weighted by Gasteiger charge is -2.16. The van der Waals surface area contributed by atoms with Gasteiger partial charge in [0, 0.05) is 35.3 Å². The monoisotopic (exact) mass is 653 g/mol. The third-order valence-corrected chi connectivity index (χ3v) is 8.35. The van der Waals surface area contributed by atoms with Crippen molar-refractivity contribution in [3.05, 3.63) is 114 Å². The van der Waals surface area contributed by atoms with E-state index in [9.17, 15) is 14.9 Å². The van der Waals surface area contributed by atoms with Crippen LogP contribution < -0.4 is 19.5 Å². The van der Waals surface area contributed by atoms with Crippen molar-refractivity contribution in [3.63, 3.8) is 0 Å². The predicted molar refractivity (Wildman–Crippen MR) is 182 cm³/mol. The molecule has 0 radical (unpaired) electrons. The topological polar surface area (TPSA) is 127 Å². The Bertz CT molecular complexity index is 2300. The summed E-state index contributed by atoms with van der Waals surface area (Å²) in [6.45, 7) is 0.106. The van der Waals surface area contributed by atoms with E-state index in [2.05, 4.69) is 21.4 Å². The average molecular weight is 654 g/mol. The Labute approximate surface area is 280 Å². The fourth-order valence-corrected chi connectivity index (χ4v) is 6.02. The summed E-state index contributed by atoms with van der Waals surface area (Å²) in [6.07, 6.45) is 1.99. The van der Waals surface area contributed by atoms with Crippen LogP contribution >= 0.6 is 0 Å². The van der Waals surface area contributed by atoms with E-state index >= 15 is 4.39 Å². The summed E-state index contributed by atoms with van der Waals surface area (Å²) in [5.74, 6) is -0.347. The van der Waals surface area contributed by atoms with Gasteiger partial charge in [-0.3, -0.25) is 19.5 Å². The number of nitrogens with one attached hydrogen (secondary N) is 1. The number of pyridine rings is 2. The molecule has 7 rings (SSSR count). The number of hydrogen-bond donors (Lipinski definition) is 1. The minimum absolute atomic E-state index is 0.00323. The SMILES string of the molecule is COc1cc2nccc(-c3cccc(Nc4cc(C#N)nc5c(OCCCN6C(=O)c7ccccc7C6=O)c(F)ccc45)c3)c2cc1OC. The van der Waals surface area contributed by atoms with Gasteiger partial charge in [-0.2, -0.15) is 5.26 Å². The van der Waals surface area contributed by atoms with Crippen LogP contribution in [-0.2, 0) is 0 Å². The van der Waals surface area contributed by atoms with E-state index in [1.807, 2.05) is 42.5 Å². The Kier molecular flexibility index (Phi) is 8.20. The van der Waals surface area contributed by atoms with E-state index in [1.54, 1.807) is 56.8 Å². The number of imide groups is 1. The quantitative estimate of drug-likeness (QED) is 0.120. The van der Waals surface area contributed by atoms with Gasteiger partial charge in [-0.1, -0.05) is 24.3 Å². The van der Waals surface area contributed by atoms with Crippen LogP contribution in [0.1, 0.15) is 32.8 Å². The highest BCUT2D eigenvalue weighted by molar-refractivity contribution is 6.21. The van der Waals surface area contributed by atoms with E-state index in [0.717, 1.165) is 26.9 Å². The first-order valence-corrected chi connectivity index (χ1v) is 15.4. The number of hydrogen-bond acceptors (Lipinski definition) is 9. The van der Waals surface area contributed by atoms with E-state index in [0.29, 0.717) is 39.4 Å². The molecule has 0 aliphatic carbocycles. The van der Waals surface area contributed by atoms with Gasteiger partial charge in [-0.05, 0) is 72.1 Å². The Hall–Kier alpha value is -6.54. The number of aromatic nitrogens is 2. The minimum Gasteiger partial charge on any atom is -0.493 e. The highest BCUT2D eigenvalue weighted by Gasteiger charge is 2.34. The van der Waals surface area contributed by atoms with Gasteiger partial charge in [0.25, 0.3) is 11.8 Å². The number of carbonyl (C=O) groups excluding carboxylic acids is 2. The summed E-state index contributed by atoms with van der Waals surface area (Å²) in [7, 11) is 3.16. The Morgan fingerprint density at radius 3 is 2.35 bits per heavy atom. The molecule has 3 heterocycles. The van der Waals surface area contributed by atoms with Crippen molar-refractivity contribution in [1.82, 2.24) is 14.9 Å². The lowest BCUT2D eigenvalue weighted by Crippen LogP contribution is -2.31. The molecule has 0 saturated carbocycles. The van der Waals surface area contributed by atoms with Crippen molar-refractivity contribution >= 4 is 45.0 Å². The molecule has 242 valence electrons. The van der Waals surface area contributed by atoms with Crippen molar-refractivity contribution in [2.75, 3.05) is 32.7 Å². The first-order chi connectivity index (χ1) is 23.9. The number of methoxy groups -OCH3 is 2. The number of benzene rings is 4. The number of rotatable bonds is 10. The highest BCUT2D eigenvalue weighted by Crippen LogP contribution is 2.38. The van der Waals surface area contributed by atoms with Crippen LogP contribution in [0.15, 0.2) is 91.1 Å². The van der Waals surface area contributed by atoms with Crippen molar-refractivity contribution in [1.29, 1.82) is 5.26 Å². The molecule has 0 unspecified atom stereocenters. The smallest absolute Gasteiger partial charge is 0.261 e. The molecular weight excluding hydrogens is 625 g/mol. The van der Waals surface area contributed by atoms with Crippen LogP contribution in [0.4, 0.5) is 15.8 Å². The number of nitrogens with zero attached hydrogens (tertiary/aromatic N) is 4. The zero-order valence-corrected chi connectivity index (χ0v) is 26.5. The number of fused-ring (bicyclic) bond motifs is 3. The maximum Gasteiger partial charge on any atom is 0.261 e. The molecule has 10 nitrogen and oxygen atoms in total. The zero-order valence-electron chi connectivity index (χ0n) is 26.5. The molecule has 11 heteroatoms. The van der Waals surface area contributed by atoms with Gasteiger partial charge in [0.1, 0.15) is 17.3 Å². The van der Waals surface area contributed by atoms with Crippen molar-refractivity contribution in [3.8, 4) is 34.4 Å². The molecule has 0 bridgehead atoms. The first-order valence-electron chi connectivity index (χ1n) is 15.4. The highest BCUT2D eigenvalue weighted by atomic mass is 19.1. The molecule has 0 atom stereocenters. The maximum atomic E-state index is 15.2. The maximum absolute atomic E-state index is 15.2. The van der Waals surface area contributed by atoms with Gasteiger partial charge in [0.05, 0.1) is 43.2 Å². The van der Waals surface area contributed by atoms with E-state index in [-0.39, 0.29) is 48.3 Å². The van der Waals surface area contributed by atoms with Crippen LogP contribution in [0.25, 0.3) is 32.9 Å². The second kappa shape index (κ2) is 12.9. The van der Waals surface area contributed by atoms with Gasteiger partial charge in [-0.15, -0.1) is 0 Å². The average Bonchev–Trinajstić information content (AvgIpc) is 3.37. The summed E-state index contributed by atoms with van der Waals surface area (Å²) in [5.41, 5.74) is 4.76. The van der Waals surface area contributed by atoms with Gasteiger partial charge in [0.2, 0.25) is 0 Å². The van der Waals surface area contributed by atoms with Gasteiger partial charge in [0.15, 0.2) is 23.1 Å². The molecule has 4 aromatic carbocycles. The normalized spacial score (nSPS) is 12.2. The third-order valence-electron chi connectivity index (χ3n) is 8.35. The van der Waals surface area contributed by atoms with E-state index in [4.69, 9.17) is 14.2 Å². The van der Waals surface area contributed by atoms with Crippen molar-refractivity contribution in [2.45, 2.75) is 6.42 Å². The fourth-order valence-electron chi connectivity index (χ4n) is 6.02. The molecule has 0 spiro atoms. The first kappa shape index (κ1) is 31.1. The standard InChI is InChI=1S/C38H28FN5O5/c1-47-33-19-29-25(13-14-41-31(29)20-34(33)48-2)22-7-5-8-23(17-22)42-32-18-24(21-40)43-35-28(32)11-12-30(39)36(35)49-16-6-15-44-37(45)26-9-3-4-10-27(26)38(44)46/h3-5,7-14,17-20H,6,15-16H2,1-2H3,(H,42,43). The second-order valence-corrected chi connectivity index (χ2v) is 11.2. The molecule has 1 N–H and O–H groups in total. The number of ether oxygens (including phenoxy) is 3. The van der Waals surface area contributed by atoms with Gasteiger partial charge >= 0.3 is 0 Å². The summed E-state index contributed by atoms with van der Waals surface area (Å²) in [4.78, 5) is 35.5. The lowest BCUT2D eigenvalue weighted by atomic mass is 10.0. The number of amides is 2. The van der Waals surface area contributed by atoms with Gasteiger partial charge < -0.3 is 19.5 Å². The summed E-state index contributed by atoms with van der Waals surface area (Å²) in [6, 6.07) is 26.5. The third kappa shape index (κ3) is 5.70. The zero-order chi connectivity index (χ0) is 34.1. The molecule has 1 aliphatic heterocycles.